The van der Waals surface area contributed by atoms with Gasteiger partial charge in [-0.25, -0.2) is 4.79 Å². The number of anilines is 1. The summed E-state index contributed by atoms with van der Waals surface area (Å²) in [6, 6.07) is 23.5. The van der Waals surface area contributed by atoms with Crippen molar-refractivity contribution < 1.29 is 19.5 Å². The van der Waals surface area contributed by atoms with Crippen molar-refractivity contribution in [1.82, 2.24) is 9.88 Å². The number of nitrogens with one attached hydrogen (secondary N) is 1. The molecule has 2 heterocycles. The zero-order valence-electron chi connectivity index (χ0n) is 19.6. The molecule has 2 N–H and O–H groups in total. The first kappa shape index (κ1) is 24.2. The number of aromatic nitrogens is 1. The van der Waals surface area contributed by atoms with Crippen molar-refractivity contribution in [3.05, 3.63) is 119 Å². The van der Waals surface area contributed by atoms with E-state index in [0.717, 1.165) is 5.56 Å². The van der Waals surface area contributed by atoms with Crippen LogP contribution in [-0.4, -0.2) is 38.8 Å². The number of rotatable bonds is 6. The van der Waals surface area contributed by atoms with E-state index in [-0.39, 0.29) is 30.3 Å². The molecule has 1 aliphatic rings. The van der Waals surface area contributed by atoms with Crippen LogP contribution in [0.3, 0.4) is 0 Å². The fourth-order valence-corrected chi connectivity index (χ4v) is 4.66. The Morgan fingerprint density at radius 3 is 2.46 bits per heavy atom. The lowest BCUT2D eigenvalue weighted by atomic mass is 9.96. The molecule has 0 fully saturated rings. The lowest BCUT2D eigenvalue weighted by Crippen LogP contribution is -2.46. The van der Waals surface area contributed by atoms with Crippen LogP contribution in [0.4, 0.5) is 5.69 Å². The summed E-state index contributed by atoms with van der Waals surface area (Å²) in [4.78, 5) is 45.0. The summed E-state index contributed by atoms with van der Waals surface area (Å²) in [5.41, 5.74) is 3.45. The van der Waals surface area contributed by atoms with E-state index in [1.165, 1.54) is 11.0 Å². The van der Waals surface area contributed by atoms with E-state index in [0.29, 0.717) is 33.1 Å². The zero-order chi connectivity index (χ0) is 25.9. The number of nitrogens with zero attached hydrogens (tertiary/aromatic N) is 2. The molecule has 184 valence electrons. The molecule has 1 atom stereocenters. The van der Waals surface area contributed by atoms with Crippen molar-refractivity contribution in [2.45, 2.75) is 19.0 Å². The van der Waals surface area contributed by atoms with Gasteiger partial charge in [0.2, 0.25) is 5.91 Å². The maximum Gasteiger partial charge on any atom is 0.336 e. The van der Waals surface area contributed by atoms with Crippen LogP contribution < -0.4 is 5.32 Å². The number of carbonyl (C=O) groups excluding carboxylic acids is 2. The van der Waals surface area contributed by atoms with Crippen LogP contribution in [0.1, 0.15) is 32.0 Å². The summed E-state index contributed by atoms with van der Waals surface area (Å²) in [7, 11) is 0. The average Bonchev–Trinajstić information content (AvgIpc) is 2.99. The third kappa shape index (κ3) is 5.08. The van der Waals surface area contributed by atoms with Crippen molar-refractivity contribution in [2.24, 2.45) is 0 Å². The van der Waals surface area contributed by atoms with E-state index < -0.39 is 12.0 Å². The Kier molecular flexibility index (Phi) is 6.70. The van der Waals surface area contributed by atoms with Crippen molar-refractivity contribution in [2.75, 3.05) is 5.32 Å². The molecule has 0 bridgehead atoms. The summed E-state index contributed by atoms with van der Waals surface area (Å²) >= 11 is 6.14. The first-order valence-electron chi connectivity index (χ1n) is 11.6. The Hall–Kier alpha value is -4.49. The summed E-state index contributed by atoms with van der Waals surface area (Å²) in [6.07, 6.45) is 1.85. The smallest absolute Gasteiger partial charge is 0.336 e. The van der Waals surface area contributed by atoms with Crippen LogP contribution in [0.25, 0.3) is 11.1 Å². The molecule has 0 radical (unpaired) electrons. The van der Waals surface area contributed by atoms with Gasteiger partial charge in [0, 0.05) is 29.9 Å². The molecule has 0 saturated carbocycles. The van der Waals surface area contributed by atoms with Crippen LogP contribution in [0, 0.1) is 0 Å². The minimum atomic E-state index is -1.05. The molecule has 1 aromatic heterocycles. The minimum absolute atomic E-state index is 0.0888. The van der Waals surface area contributed by atoms with Gasteiger partial charge in [0.25, 0.3) is 5.91 Å². The molecule has 2 amide bonds. The largest absolute Gasteiger partial charge is 0.478 e. The number of carbonyl (C=O) groups is 3. The van der Waals surface area contributed by atoms with Crippen LogP contribution in [0.15, 0.2) is 91.1 Å². The van der Waals surface area contributed by atoms with Gasteiger partial charge in [-0.1, -0.05) is 54.1 Å². The van der Waals surface area contributed by atoms with Gasteiger partial charge >= 0.3 is 5.97 Å². The highest BCUT2D eigenvalue weighted by molar-refractivity contribution is 6.31. The van der Waals surface area contributed by atoms with Gasteiger partial charge in [-0.05, 0) is 59.2 Å². The predicted octanol–water partition coefficient (Wildman–Crippen LogP) is 5.31. The highest BCUT2D eigenvalue weighted by atomic mass is 35.5. The van der Waals surface area contributed by atoms with Crippen molar-refractivity contribution in [1.29, 1.82) is 0 Å². The van der Waals surface area contributed by atoms with Crippen LogP contribution >= 0.6 is 11.6 Å². The molecule has 7 nitrogen and oxygen atoms in total. The number of carboxylic acid groups (broad SMARTS) is 1. The fraction of sp³-hybridized carbons (Fsp3) is 0.103. The van der Waals surface area contributed by atoms with E-state index in [1.54, 1.807) is 48.7 Å². The normalized spacial score (nSPS) is 15.1. The van der Waals surface area contributed by atoms with Crippen LogP contribution in [0.5, 0.6) is 0 Å². The van der Waals surface area contributed by atoms with E-state index in [1.807, 2.05) is 36.4 Å². The second-order valence-electron chi connectivity index (χ2n) is 8.70. The molecule has 8 heteroatoms. The van der Waals surface area contributed by atoms with Crippen molar-refractivity contribution >= 4 is 35.1 Å². The summed E-state index contributed by atoms with van der Waals surface area (Å²) < 4.78 is 0. The van der Waals surface area contributed by atoms with Gasteiger partial charge in [0.15, 0.2) is 0 Å². The number of halogens is 1. The van der Waals surface area contributed by atoms with Crippen LogP contribution in [0.2, 0.25) is 5.02 Å². The molecular weight excluding hydrogens is 490 g/mol. The Labute approximate surface area is 218 Å². The van der Waals surface area contributed by atoms with Gasteiger partial charge in [0.1, 0.15) is 6.04 Å². The third-order valence-corrected chi connectivity index (χ3v) is 6.53. The van der Waals surface area contributed by atoms with Gasteiger partial charge in [-0.2, -0.15) is 0 Å². The predicted molar refractivity (Wildman–Crippen MR) is 141 cm³/mol. The number of carboxylic acids is 1. The number of fused-ring (bicyclic) bond motifs is 1. The second kappa shape index (κ2) is 10.2. The maximum absolute atomic E-state index is 13.8. The Bertz CT molecular complexity index is 1490. The molecule has 5 rings (SSSR count). The SMILES string of the molecule is O=C(O)c1ccc(CN2C(=O)c3ccc(Cl)cc3NC(=O)C2Cc2ccccn2)cc1-c1ccccc1. The standard InChI is InChI=1S/C29H22ClN3O4/c30-20-10-12-23-25(15-20)32-27(34)26(16-21-8-4-5-13-31-21)33(28(23)35)17-18-9-11-22(29(36)37)24(14-18)19-6-2-1-3-7-19/h1-15,26H,16-17H2,(H,32,34)(H,36,37). The topological polar surface area (TPSA) is 99.6 Å². The quantitative estimate of drug-likeness (QED) is 0.365. The number of hydrogen-bond donors (Lipinski definition) is 2. The Balaban J connectivity index is 1.58. The first-order chi connectivity index (χ1) is 17.9. The number of hydrogen-bond acceptors (Lipinski definition) is 4. The minimum Gasteiger partial charge on any atom is -0.478 e. The summed E-state index contributed by atoms with van der Waals surface area (Å²) in [6.45, 7) is 0.0888. The number of pyridine rings is 1. The van der Waals surface area contributed by atoms with E-state index in [4.69, 9.17) is 11.6 Å². The van der Waals surface area contributed by atoms with Crippen molar-refractivity contribution in [3.63, 3.8) is 0 Å². The molecule has 3 aromatic carbocycles. The molecule has 1 aliphatic heterocycles. The molecule has 0 spiro atoms. The molecular formula is C29H22ClN3O4. The van der Waals surface area contributed by atoms with Gasteiger partial charge < -0.3 is 15.3 Å². The molecule has 0 aliphatic carbocycles. The fourth-order valence-electron chi connectivity index (χ4n) is 4.49. The van der Waals surface area contributed by atoms with E-state index in [2.05, 4.69) is 10.3 Å². The maximum atomic E-state index is 13.8. The number of amides is 2. The monoisotopic (exact) mass is 511 g/mol. The Morgan fingerprint density at radius 1 is 0.946 bits per heavy atom. The highest BCUT2D eigenvalue weighted by Crippen LogP contribution is 2.30. The highest BCUT2D eigenvalue weighted by Gasteiger charge is 2.36. The van der Waals surface area contributed by atoms with Gasteiger partial charge in [-0.3, -0.25) is 14.6 Å². The summed E-state index contributed by atoms with van der Waals surface area (Å²) in [5, 5.41) is 13.0. The van der Waals surface area contributed by atoms with Crippen LogP contribution in [-0.2, 0) is 17.8 Å². The van der Waals surface area contributed by atoms with Crippen molar-refractivity contribution in [3.8, 4) is 11.1 Å². The summed E-state index contributed by atoms with van der Waals surface area (Å²) in [5.74, 6) is -1.74. The Morgan fingerprint density at radius 2 is 1.73 bits per heavy atom. The average molecular weight is 512 g/mol. The zero-order valence-corrected chi connectivity index (χ0v) is 20.4. The third-order valence-electron chi connectivity index (χ3n) is 6.29. The molecule has 4 aromatic rings. The van der Waals surface area contributed by atoms with Gasteiger partial charge in [-0.15, -0.1) is 0 Å². The number of benzene rings is 3. The van der Waals surface area contributed by atoms with Gasteiger partial charge in [0.05, 0.1) is 16.8 Å². The lowest BCUT2D eigenvalue weighted by molar-refractivity contribution is -0.120. The molecule has 37 heavy (non-hydrogen) atoms. The van der Waals surface area contributed by atoms with E-state index in [9.17, 15) is 19.5 Å². The first-order valence-corrected chi connectivity index (χ1v) is 12.0. The molecule has 0 saturated heterocycles. The number of aromatic carboxylic acids is 1. The van der Waals surface area contributed by atoms with E-state index >= 15 is 0 Å². The second-order valence-corrected chi connectivity index (χ2v) is 9.14. The molecule has 1 unspecified atom stereocenters. The lowest BCUT2D eigenvalue weighted by Gasteiger charge is -2.29.